The molecule has 0 aliphatic rings. The van der Waals surface area contributed by atoms with Gasteiger partial charge in [-0.1, -0.05) is 53.5 Å². The lowest BCUT2D eigenvalue weighted by molar-refractivity contribution is 0.481. The molecule has 0 aliphatic heterocycles. The predicted octanol–water partition coefficient (Wildman–Crippen LogP) is 5.65. The third kappa shape index (κ3) is 3.05. The molecule has 24 heavy (non-hydrogen) atoms. The van der Waals surface area contributed by atoms with Gasteiger partial charge in [0.15, 0.2) is 5.82 Å². The molecule has 0 fully saturated rings. The van der Waals surface area contributed by atoms with E-state index in [9.17, 15) is 9.50 Å². The highest BCUT2D eigenvalue weighted by molar-refractivity contribution is 6.90. The van der Waals surface area contributed by atoms with Crippen molar-refractivity contribution in [3.63, 3.8) is 0 Å². The highest BCUT2D eigenvalue weighted by Crippen LogP contribution is 2.41. The number of aromatic hydroxyl groups is 1. The number of fused-ring (bicyclic) bond motifs is 1. The van der Waals surface area contributed by atoms with Crippen molar-refractivity contribution in [1.29, 1.82) is 0 Å². The maximum absolute atomic E-state index is 14.4. The first-order chi connectivity index (χ1) is 11.2. The van der Waals surface area contributed by atoms with Gasteiger partial charge in [0.25, 0.3) is 0 Å². The van der Waals surface area contributed by atoms with Crippen LogP contribution in [0.15, 0.2) is 24.4 Å². The standard InChI is InChI=1S/C20H26FNOSi/c1-13(2)24(14(3)4,15(5)6)11-10-16-17(21)12-22-18-8-7-9-19(23)20(16)18/h7-9,12-15,23H,1-6H3. The molecule has 2 rings (SSSR count). The summed E-state index contributed by atoms with van der Waals surface area (Å²) in [5.74, 6) is 2.67. The Hall–Kier alpha value is -1.86. The lowest BCUT2D eigenvalue weighted by Crippen LogP contribution is -2.43. The van der Waals surface area contributed by atoms with Crippen molar-refractivity contribution in [2.24, 2.45) is 0 Å². The van der Waals surface area contributed by atoms with E-state index < -0.39 is 13.9 Å². The molecule has 2 aromatic rings. The summed E-state index contributed by atoms with van der Waals surface area (Å²) in [5.41, 5.74) is 5.74. The number of pyridine rings is 1. The summed E-state index contributed by atoms with van der Waals surface area (Å²) in [5, 5.41) is 10.6. The molecule has 1 heterocycles. The number of hydrogen-bond acceptors (Lipinski definition) is 2. The Labute approximate surface area is 145 Å². The number of nitrogens with zero attached hydrogens (tertiary/aromatic N) is 1. The summed E-state index contributed by atoms with van der Waals surface area (Å²) in [7, 11) is -1.97. The topological polar surface area (TPSA) is 33.1 Å². The van der Waals surface area contributed by atoms with Gasteiger partial charge in [-0.25, -0.2) is 4.39 Å². The Balaban J connectivity index is 2.74. The molecule has 0 aliphatic carbocycles. The zero-order valence-electron chi connectivity index (χ0n) is 15.3. The Morgan fingerprint density at radius 3 is 2.17 bits per heavy atom. The van der Waals surface area contributed by atoms with Crippen LogP contribution in [0.2, 0.25) is 16.6 Å². The molecule has 1 aromatic heterocycles. The normalized spacial score (nSPS) is 12.1. The summed E-state index contributed by atoms with van der Waals surface area (Å²) >= 11 is 0. The van der Waals surface area contributed by atoms with Gasteiger partial charge in [-0.05, 0) is 28.8 Å². The number of phenolic OH excluding ortho intramolecular Hbond substituents is 1. The van der Waals surface area contributed by atoms with Crippen molar-refractivity contribution >= 4 is 19.0 Å². The molecule has 4 heteroatoms. The van der Waals surface area contributed by atoms with E-state index in [2.05, 4.69) is 58.0 Å². The van der Waals surface area contributed by atoms with Gasteiger partial charge in [0.05, 0.1) is 22.7 Å². The Morgan fingerprint density at radius 1 is 1.04 bits per heavy atom. The van der Waals surface area contributed by atoms with Gasteiger partial charge in [0.2, 0.25) is 0 Å². The Morgan fingerprint density at radius 2 is 1.62 bits per heavy atom. The lowest BCUT2D eigenvalue weighted by Gasteiger charge is -2.38. The fourth-order valence-electron chi connectivity index (χ4n) is 3.93. The monoisotopic (exact) mass is 343 g/mol. The van der Waals surface area contributed by atoms with Gasteiger partial charge < -0.3 is 5.11 Å². The molecular weight excluding hydrogens is 317 g/mol. The van der Waals surface area contributed by atoms with Crippen LogP contribution in [0.1, 0.15) is 47.1 Å². The van der Waals surface area contributed by atoms with Crippen LogP contribution >= 0.6 is 0 Å². The fraction of sp³-hybridized carbons (Fsp3) is 0.450. The smallest absolute Gasteiger partial charge is 0.157 e. The molecule has 1 aromatic carbocycles. The number of benzene rings is 1. The van der Waals surface area contributed by atoms with E-state index in [4.69, 9.17) is 0 Å². The summed E-state index contributed by atoms with van der Waals surface area (Å²) in [4.78, 5) is 4.06. The minimum Gasteiger partial charge on any atom is -0.507 e. The second-order valence-corrected chi connectivity index (χ2v) is 12.9. The second-order valence-electron chi connectivity index (χ2n) is 7.30. The van der Waals surface area contributed by atoms with Gasteiger partial charge in [-0.2, -0.15) is 0 Å². The van der Waals surface area contributed by atoms with Crippen LogP contribution in [0.3, 0.4) is 0 Å². The molecule has 0 spiro atoms. The largest absolute Gasteiger partial charge is 0.507 e. The van der Waals surface area contributed by atoms with Crippen LogP contribution in [0.4, 0.5) is 4.39 Å². The minimum absolute atomic E-state index is 0.0229. The zero-order chi connectivity index (χ0) is 18.1. The van der Waals surface area contributed by atoms with Crippen LogP contribution in [-0.4, -0.2) is 18.2 Å². The maximum Gasteiger partial charge on any atom is 0.157 e. The minimum atomic E-state index is -1.97. The zero-order valence-corrected chi connectivity index (χ0v) is 16.3. The first kappa shape index (κ1) is 18.5. The predicted molar refractivity (Wildman–Crippen MR) is 101 cm³/mol. The molecule has 0 unspecified atom stereocenters. The number of hydrogen-bond donors (Lipinski definition) is 1. The third-order valence-corrected chi connectivity index (χ3v) is 11.4. The summed E-state index contributed by atoms with van der Waals surface area (Å²) in [6, 6.07) is 5.01. The van der Waals surface area contributed by atoms with Crippen molar-refractivity contribution < 1.29 is 9.50 Å². The molecule has 0 amide bonds. The summed E-state index contributed by atoms with van der Waals surface area (Å²) < 4.78 is 14.4. The molecular formula is C20H26FNOSi. The number of rotatable bonds is 3. The average Bonchev–Trinajstić information content (AvgIpc) is 2.49. The summed E-state index contributed by atoms with van der Waals surface area (Å²) in [6.07, 6.45) is 1.19. The van der Waals surface area contributed by atoms with Crippen LogP contribution in [0.25, 0.3) is 10.9 Å². The number of halogens is 1. The average molecular weight is 344 g/mol. The molecule has 0 radical (unpaired) electrons. The third-order valence-electron chi connectivity index (χ3n) is 5.10. The molecule has 0 bridgehead atoms. The molecule has 0 saturated carbocycles. The number of aromatic nitrogens is 1. The Bertz CT molecular complexity index is 781. The quantitative estimate of drug-likeness (QED) is 0.577. The van der Waals surface area contributed by atoms with Crippen LogP contribution in [-0.2, 0) is 0 Å². The second kappa shape index (κ2) is 6.94. The highest BCUT2D eigenvalue weighted by Gasteiger charge is 2.41. The first-order valence-electron chi connectivity index (χ1n) is 8.51. The van der Waals surface area contributed by atoms with Gasteiger partial charge in [0.1, 0.15) is 13.8 Å². The molecule has 0 atom stereocenters. The van der Waals surface area contributed by atoms with Crippen LogP contribution < -0.4 is 0 Å². The van der Waals surface area contributed by atoms with E-state index in [1.165, 1.54) is 6.20 Å². The SMILES string of the molecule is CC(C)[Si](C#Cc1c(F)cnc2cccc(O)c12)(C(C)C)C(C)C. The van der Waals surface area contributed by atoms with Gasteiger partial charge >= 0.3 is 0 Å². The first-order valence-corrected chi connectivity index (χ1v) is 10.7. The van der Waals surface area contributed by atoms with Crippen molar-refractivity contribution in [2.45, 2.75) is 58.2 Å². The van der Waals surface area contributed by atoms with Crippen LogP contribution in [0.5, 0.6) is 5.75 Å². The summed E-state index contributed by atoms with van der Waals surface area (Å²) in [6.45, 7) is 13.3. The van der Waals surface area contributed by atoms with E-state index in [1.807, 2.05) is 0 Å². The van der Waals surface area contributed by atoms with E-state index in [0.29, 0.717) is 27.5 Å². The van der Waals surface area contributed by atoms with Gasteiger partial charge in [-0.15, -0.1) is 5.54 Å². The lowest BCUT2D eigenvalue weighted by atomic mass is 10.1. The van der Waals surface area contributed by atoms with Gasteiger partial charge in [-0.3, -0.25) is 4.98 Å². The van der Waals surface area contributed by atoms with Crippen molar-refractivity contribution in [3.05, 3.63) is 35.8 Å². The molecule has 128 valence electrons. The van der Waals surface area contributed by atoms with Crippen molar-refractivity contribution in [3.8, 4) is 17.2 Å². The van der Waals surface area contributed by atoms with E-state index in [0.717, 1.165) is 0 Å². The van der Waals surface area contributed by atoms with Crippen molar-refractivity contribution in [1.82, 2.24) is 4.98 Å². The van der Waals surface area contributed by atoms with Crippen LogP contribution in [0, 0.1) is 17.3 Å². The fourth-order valence-corrected chi connectivity index (χ4v) is 9.14. The molecule has 1 N–H and O–H groups in total. The highest BCUT2D eigenvalue weighted by atomic mass is 28.3. The molecule has 0 saturated heterocycles. The van der Waals surface area contributed by atoms with E-state index in [1.54, 1.807) is 18.2 Å². The van der Waals surface area contributed by atoms with Crippen molar-refractivity contribution in [2.75, 3.05) is 0 Å². The van der Waals surface area contributed by atoms with E-state index >= 15 is 0 Å². The van der Waals surface area contributed by atoms with E-state index in [-0.39, 0.29) is 11.3 Å². The molecule has 2 nitrogen and oxygen atoms in total. The van der Waals surface area contributed by atoms with Gasteiger partial charge in [0, 0.05) is 0 Å². The maximum atomic E-state index is 14.4. The Kier molecular flexibility index (Phi) is 5.34. The number of phenols is 1.